The minimum atomic E-state index is -0.226. The van der Waals surface area contributed by atoms with Gasteiger partial charge in [0.05, 0.1) is 5.92 Å². The maximum atomic E-state index is 11.2. The molecule has 0 spiro atoms. The monoisotopic (exact) mass is 256 g/mol. The maximum absolute atomic E-state index is 11.2. The molecule has 1 atom stereocenters. The van der Waals surface area contributed by atoms with Gasteiger partial charge in [-0.2, -0.15) is 4.37 Å². The second-order valence-electron chi connectivity index (χ2n) is 4.11. The van der Waals surface area contributed by atoms with Crippen molar-refractivity contribution in [1.29, 1.82) is 0 Å². The van der Waals surface area contributed by atoms with E-state index in [9.17, 15) is 4.79 Å². The number of methoxy groups -OCH3 is 1. The minimum absolute atomic E-state index is 0.0708. The second-order valence-corrected chi connectivity index (χ2v) is 4.84. The molecular weight excluding hydrogens is 240 g/mol. The summed E-state index contributed by atoms with van der Waals surface area (Å²) in [6.07, 6.45) is 1.84. The third kappa shape index (κ3) is 2.92. The molecule has 1 aromatic rings. The van der Waals surface area contributed by atoms with Crippen molar-refractivity contribution in [2.24, 2.45) is 11.7 Å². The highest BCUT2D eigenvalue weighted by Gasteiger charge is 2.25. The number of carbonyl (C=O) groups excluding carboxylic acids is 1. The van der Waals surface area contributed by atoms with Crippen molar-refractivity contribution < 1.29 is 9.53 Å². The third-order valence-corrected chi connectivity index (χ3v) is 3.64. The van der Waals surface area contributed by atoms with Crippen LogP contribution in [0.2, 0.25) is 0 Å². The molecule has 1 aromatic heterocycles. The summed E-state index contributed by atoms with van der Waals surface area (Å²) in [6.45, 7) is 1.98. The van der Waals surface area contributed by atoms with Gasteiger partial charge in [-0.1, -0.05) is 0 Å². The van der Waals surface area contributed by atoms with Gasteiger partial charge in [0.2, 0.25) is 11.0 Å². The molecule has 94 valence electrons. The lowest BCUT2D eigenvalue weighted by Crippen LogP contribution is -2.41. The zero-order chi connectivity index (χ0) is 12.3. The van der Waals surface area contributed by atoms with E-state index in [-0.39, 0.29) is 11.8 Å². The van der Waals surface area contributed by atoms with Crippen LogP contribution in [0, 0.1) is 5.92 Å². The first-order valence-electron chi connectivity index (χ1n) is 5.56. The number of primary amides is 1. The number of piperidine rings is 1. The molecule has 1 amide bonds. The Hall–Kier alpha value is -1.21. The summed E-state index contributed by atoms with van der Waals surface area (Å²) in [5, 5.41) is 0.850. The first-order chi connectivity index (χ1) is 8.20. The first kappa shape index (κ1) is 12.3. The van der Waals surface area contributed by atoms with E-state index >= 15 is 0 Å². The number of hydrogen-bond acceptors (Lipinski definition) is 6. The van der Waals surface area contributed by atoms with Crippen LogP contribution >= 0.6 is 11.5 Å². The Morgan fingerprint density at radius 3 is 3.24 bits per heavy atom. The van der Waals surface area contributed by atoms with Crippen LogP contribution in [0.25, 0.3) is 0 Å². The molecule has 1 saturated heterocycles. The van der Waals surface area contributed by atoms with E-state index in [1.807, 2.05) is 0 Å². The van der Waals surface area contributed by atoms with Crippen LogP contribution in [-0.2, 0) is 16.1 Å². The van der Waals surface area contributed by atoms with Crippen molar-refractivity contribution >= 4 is 22.6 Å². The van der Waals surface area contributed by atoms with Gasteiger partial charge in [0.25, 0.3) is 0 Å². The molecule has 1 aliphatic rings. The summed E-state index contributed by atoms with van der Waals surface area (Å²) in [4.78, 5) is 17.6. The Labute approximate surface area is 104 Å². The van der Waals surface area contributed by atoms with Crippen molar-refractivity contribution in [3.05, 3.63) is 5.82 Å². The summed E-state index contributed by atoms with van der Waals surface area (Å²) in [5.41, 5.74) is 5.34. The number of amides is 1. The van der Waals surface area contributed by atoms with Gasteiger partial charge in [0, 0.05) is 31.7 Å². The van der Waals surface area contributed by atoms with E-state index < -0.39 is 0 Å². The molecule has 1 unspecified atom stereocenters. The van der Waals surface area contributed by atoms with Gasteiger partial charge < -0.3 is 15.4 Å². The van der Waals surface area contributed by atoms with Crippen LogP contribution in [-0.4, -0.2) is 35.5 Å². The molecule has 2 N–H and O–H groups in total. The van der Waals surface area contributed by atoms with Gasteiger partial charge in [-0.25, -0.2) is 4.98 Å². The Balaban J connectivity index is 2.02. The second kappa shape index (κ2) is 5.42. The molecule has 0 aliphatic carbocycles. The summed E-state index contributed by atoms with van der Waals surface area (Å²) < 4.78 is 9.18. The summed E-state index contributed by atoms with van der Waals surface area (Å²) in [6, 6.07) is 0. The molecule has 0 saturated carbocycles. The molecule has 1 aliphatic heterocycles. The van der Waals surface area contributed by atoms with Gasteiger partial charge >= 0.3 is 0 Å². The van der Waals surface area contributed by atoms with E-state index in [2.05, 4.69) is 14.3 Å². The molecule has 0 radical (unpaired) electrons. The number of carbonyl (C=O) groups is 1. The van der Waals surface area contributed by atoms with E-state index in [1.165, 1.54) is 11.5 Å². The lowest BCUT2D eigenvalue weighted by Gasteiger charge is -2.30. The fourth-order valence-corrected chi connectivity index (χ4v) is 2.65. The summed E-state index contributed by atoms with van der Waals surface area (Å²) in [7, 11) is 1.62. The van der Waals surface area contributed by atoms with E-state index in [1.54, 1.807) is 7.11 Å². The molecule has 0 bridgehead atoms. The van der Waals surface area contributed by atoms with Gasteiger partial charge in [-0.05, 0) is 12.8 Å². The van der Waals surface area contributed by atoms with Crippen LogP contribution < -0.4 is 10.6 Å². The SMILES string of the molecule is COCc1nsc(N2CCCC(C(N)=O)C2)n1. The Morgan fingerprint density at radius 1 is 1.71 bits per heavy atom. The maximum Gasteiger partial charge on any atom is 0.222 e. The largest absolute Gasteiger partial charge is 0.377 e. The highest BCUT2D eigenvalue weighted by Crippen LogP contribution is 2.24. The van der Waals surface area contributed by atoms with E-state index in [0.29, 0.717) is 19.0 Å². The fraction of sp³-hybridized carbons (Fsp3) is 0.700. The Kier molecular flexibility index (Phi) is 3.90. The van der Waals surface area contributed by atoms with Gasteiger partial charge in [-0.3, -0.25) is 4.79 Å². The van der Waals surface area contributed by atoms with Crippen LogP contribution in [0.5, 0.6) is 0 Å². The predicted molar refractivity (Wildman–Crippen MR) is 64.8 cm³/mol. The number of hydrogen-bond donors (Lipinski definition) is 1. The quantitative estimate of drug-likeness (QED) is 0.842. The molecule has 17 heavy (non-hydrogen) atoms. The molecular formula is C10H16N4O2S. The number of nitrogens with zero attached hydrogens (tertiary/aromatic N) is 3. The smallest absolute Gasteiger partial charge is 0.222 e. The third-order valence-electron chi connectivity index (χ3n) is 2.83. The normalized spacial score (nSPS) is 20.5. The van der Waals surface area contributed by atoms with Crippen molar-refractivity contribution in [1.82, 2.24) is 9.36 Å². The molecule has 2 rings (SSSR count). The standard InChI is InChI=1S/C10H16N4O2S/c1-16-6-8-12-10(17-13-8)14-4-2-3-7(5-14)9(11)15/h7H,2-6H2,1H3,(H2,11,15). The fourth-order valence-electron chi connectivity index (χ4n) is 1.94. The number of anilines is 1. The van der Waals surface area contributed by atoms with Crippen LogP contribution in [0.4, 0.5) is 5.13 Å². The zero-order valence-corrected chi connectivity index (χ0v) is 10.6. The number of rotatable bonds is 4. The van der Waals surface area contributed by atoms with Crippen molar-refractivity contribution in [2.75, 3.05) is 25.1 Å². The van der Waals surface area contributed by atoms with Gasteiger partial charge in [0.15, 0.2) is 5.82 Å². The van der Waals surface area contributed by atoms with Crippen molar-refractivity contribution in [3.8, 4) is 0 Å². The van der Waals surface area contributed by atoms with Gasteiger partial charge in [-0.15, -0.1) is 0 Å². The highest BCUT2D eigenvalue weighted by molar-refractivity contribution is 7.09. The highest BCUT2D eigenvalue weighted by atomic mass is 32.1. The minimum Gasteiger partial charge on any atom is -0.377 e. The number of aromatic nitrogens is 2. The topological polar surface area (TPSA) is 81.3 Å². The van der Waals surface area contributed by atoms with Gasteiger partial charge in [0.1, 0.15) is 6.61 Å². The Bertz CT molecular complexity index is 395. The van der Waals surface area contributed by atoms with Crippen LogP contribution in [0.1, 0.15) is 18.7 Å². The van der Waals surface area contributed by atoms with Crippen LogP contribution in [0.15, 0.2) is 0 Å². The van der Waals surface area contributed by atoms with E-state index in [0.717, 1.165) is 24.5 Å². The summed E-state index contributed by atoms with van der Waals surface area (Å²) in [5.74, 6) is 0.392. The van der Waals surface area contributed by atoms with Crippen molar-refractivity contribution in [2.45, 2.75) is 19.4 Å². The lowest BCUT2D eigenvalue weighted by atomic mass is 9.98. The zero-order valence-electron chi connectivity index (χ0n) is 9.76. The average molecular weight is 256 g/mol. The molecule has 6 nitrogen and oxygen atoms in total. The van der Waals surface area contributed by atoms with E-state index in [4.69, 9.17) is 10.5 Å². The predicted octanol–water partition coefficient (Wildman–Crippen LogP) is 0.386. The summed E-state index contributed by atoms with van der Waals surface area (Å²) >= 11 is 1.34. The number of ether oxygens (including phenoxy) is 1. The Morgan fingerprint density at radius 2 is 2.53 bits per heavy atom. The lowest BCUT2D eigenvalue weighted by molar-refractivity contribution is -0.122. The first-order valence-corrected chi connectivity index (χ1v) is 6.34. The molecule has 2 heterocycles. The van der Waals surface area contributed by atoms with Crippen molar-refractivity contribution in [3.63, 3.8) is 0 Å². The molecule has 1 fully saturated rings. The van der Waals surface area contributed by atoms with Crippen LogP contribution in [0.3, 0.4) is 0 Å². The molecule has 7 heteroatoms. The molecule has 0 aromatic carbocycles. The number of nitrogens with two attached hydrogens (primary N) is 1. The average Bonchev–Trinajstić information content (AvgIpc) is 2.78.